The number of carbonyl (C=O) groups is 2. The van der Waals surface area contributed by atoms with E-state index in [-0.39, 0.29) is 33.9 Å². The summed E-state index contributed by atoms with van der Waals surface area (Å²) in [4.78, 5) is 41.8. The van der Waals surface area contributed by atoms with Crippen LogP contribution in [0.1, 0.15) is 86.3 Å². The van der Waals surface area contributed by atoms with Gasteiger partial charge in [0.1, 0.15) is 16.9 Å². The Labute approximate surface area is 195 Å². The second-order valence-electron chi connectivity index (χ2n) is 10.9. The molecule has 2 unspecified atom stereocenters. The molecule has 2 aromatic heterocycles. The summed E-state index contributed by atoms with van der Waals surface area (Å²) in [5.74, 6) is -0.0342. The number of amides is 2. The van der Waals surface area contributed by atoms with E-state index in [0.717, 1.165) is 32.1 Å². The molecule has 33 heavy (non-hydrogen) atoms. The van der Waals surface area contributed by atoms with Crippen molar-refractivity contribution in [2.24, 2.45) is 10.8 Å². The third kappa shape index (κ3) is 4.92. The maximum absolute atomic E-state index is 13.7. The van der Waals surface area contributed by atoms with E-state index >= 15 is 0 Å². The van der Waals surface area contributed by atoms with Crippen molar-refractivity contribution >= 4 is 11.8 Å². The summed E-state index contributed by atoms with van der Waals surface area (Å²) in [6.07, 6.45) is 9.38. The minimum atomic E-state index is -0.504. The highest BCUT2D eigenvalue weighted by molar-refractivity contribution is 5.99. The highest BCUT2D eigenvalue weighted by atomic mass is 16.3. The van der Waals surface area contributed by atoms with Crippen molar-refractivity contribution in [3.8, 4) is 0 Å². The second-order valence-corrected chi connectivity index (χ2v) is 10.9. The van der Waals surface area contributed by atoms with Gasteiger partial charge in [-0.2, -0.15) is 0 Å². The molecule has 1 aliphatic carbocycles. The minimum Gasteiger partial charge on any atom is -0.467 e. The Morgan fingerprint density at radius 2 is 1.94 bits per heavy atom. The molecule has 4 rings (SSSR count). The minimum absolute atomic E-state index is 0.00257. The van der Waals surface area contributed by atoms with Crippen molar-refractivity contribution in [3.63, 3.8) is 0 Å². The predicted molar refractivity (Wildman–Crippen MR) is 126 cm³/mol. The quantitative estimate of drug-likeness (QED) is 0.641. The number of furan rings is 1. The average Bonchev–Trinajstić information content (AvgIpc) is 3.33. The number of rotatable bonds is 7. The van der Waals surface area contributed by atoms with E-state index in [1.807, 2.05) is 17.9 Å². The molecule has 2 amide bonds. The van der Waals surface area contributed by atoms with Crippen LogP contribution in [0, 0.1) is 10.8 Å². The van der Waals surface area contributed by atoms with E-state index < -0.39 is 11.3 Å². The van der Waals surface area contributed by atoms with Gasteiger partial charge in [-0.3, -0.25) is 14.4 Å². The van der Waals surface area contributed by atoms with Crippen molar-refractivity contribution in [1.29, 1.82) is 0 Å². The molecule has 1 saturated carbocycles. The van der Waals surface area contributed by atoms with Crippen LogP contribution in [0.25, 0.3) is 0 Å². The van der Waals surface area contributed by atoms with Crippen LogP contribution in [-0.4, -0.2) is 40.4 Å². The molecule has 3 heterocycles. The number of carbonyl (C=O) groups excluding carboxylic acids is 2. The SMILES string of the molecule is CCCCNC(=O)c1cn(Cc2ccco2)cc(C(=O)N2CC3(C)CC2CC(C)(C)C3)c1=O. The summed E-state index contributed by atoms with van der Waals surface area (Å²) >= 11 is 0. The van der Waals surface area contributed by atoms with E-state index in [2.05, 4.69) is 26.1 Å². The van der Waals surface area contributed by atoms with Crippen LogP contribution in [0.2, 0.25) is 0 Å². The van der Waals surface area contributed by atoms with Crippen LogP contribution >= 0.6 is 0 Å². The lowest BCUT2D eigenvalue weighted by molar-refractivity contribution is 0.0706. The van der Waals surface area contributed by atoms with Gasteiger partial charge in [0.25, 0.3) is 11.8 Å². The zero-order valence-electron chi connectivity index (χ0n) is 20.1. The van der Waals surface area contributed by atoms with Gasteiger partial charge in [0.15, 0.2) is 0 Å². The van der Waals surface area contributed by atoms with Gasteiger partial charge in [-0.25, -0.2) is 0 Å². The number of fused-ring (bicyclic) bond motifs is 2. The fourth-order valence-electron chi connectivity index (χ4n) is 5.95. The Hall–Kier alpha value is -2.83. The largest absolute Gasteiger partial charge is 0.467 e. The van der Waals surface area contributed by atoms with Gasteiger partial charge in [-0.1, -0.05) is 34.1 Å². The van der Waals surface area contributed by atoms with Crippen LogP contribution in [0.3, 0.4) is 0 Å². The van der Waals surface area contributed by atoms with Crippen molar-refractivity contribution in [3.05, 3.63) is 57.9 Å². The summed E-state index contributed by atoms with van der Waals surface area (Å²) in [7, 11) is 0. The molecule has 178 valence electrons. The molecule has 2 atom stereocenters. The van der Waals surface area contributed by atoms with Crippen LogP contribution in [0.4, 0.5) is 0 Å². The average molecular weight is 454 g/mol. The van der Waals surface area contributed by atoms with Gasteiger partial charge in [-0.15, -0.1) is 0 Å². The number of hydrogen-bond donors (Lipinski definition) is 1. The van der Waals surface area contributed by atoms with Crippen molar-refractivity contribution in [2.45, 2.75) is 72.4 Å². The first-order chi connectivity index (χ1) is 15.6. The molecule has 7 nitrogen and oxygen atoms in total. The summed E-state index contributed by atoms with van der Waals surface area (Å²) in [5.41, 5.74) is -0.233. The van der Waals surface area contributed by atoms with Gasteiger partial charge in [0.05, 0.1) is 12.8 Å². The predicted octanol–water partition coefficient (Wildman–Crippen LogP) is 4.06. The Morgan fingerprint density at radius 3 is 2.64 bits per heavy atom. The maximum Gasteiger partial charge on any atom is 0.259 e. The van der Waals surface area contributed by atoms with Crippen molar-refractivity contribution in [1.82, 2.24) is 14.8 Å². The molecule has 2 bridgehead atoms. The molecule has 0 aromatic carbocycles. The smallest absolute Gasteiger partial charge is 0.259 e. The number of likely N-dealkylation sites (tertiary alicyclic amines) is 1. The number of unbranched alkanes of at least 4 members (excludes halogenated alkanes) is 1. The third-order valence-electron chi connectivity index (χ3n) is 6.96. The van der Waals surface area contributed by atoms with E-state index in [1.165, 1.54) is 6.20 Å². The molecule has 0 spiro atoms. The fraction of sp³-hybridized carbons (Fsp3) is 0.577. The molecule has 0 radical (unpaired) electrons. The zero-order valence-corrected chi connectivity index (χ0v) is 20.1. The summed E-state index contributed by atoms with van der Waals surface area (Å²) in [5, 5.41) is 2.82. The zero-order chi connectivity index (χ0) is 23.8. The fourth-order valence-corrected chi connectivity index (χ4v) is 5.95. The molecular weight excluding hydrogens is 418 g/mol. The van der Waals surface area contributed by atoms with Gasteiger partial charge in [0, 0.05) is 31.5 Å². The number of pyridine rings is 1. The molecule has 2 aliphatic rings. The summed E-state index contributed by atoms with van der Waals surface area (Å²) in [6.45, 7) is 10.2. The number of nitrogens with zero attached hydrogens (tertiary/aromatic N) is 2. The molecule has 2 aromatic rings. The topological polar surface area (TPSA) is 84.6 Å². The lowest BCUT2D eigenvalue weighted by Gasteiger charge is -2.39. The van der Waals surface area contributed by atoms with Crippen LogP contribution < -0.4 is 10.7 Å². The Bertz CT molecular complexity index is 1090. The van der Waals surface area contributed by atoms with Crippen LogP contribution in [0.5, 0.6) is 0 Å². The van der Waals surface area contributed by atoms with Crippen molar-refractivity contribution < 1.29 is 14.0 Å². The van der Waals surface area contributed by atoms with Gasteiger partial charge in [0.2, 0.25) is 5.43 Å². The lowest BCUT2D eigenvalue weighted by atomic mass is 9.65. The number of aromatic nitrogens is 1. The van der Waals surface area contributed by atoms with Crippen LogP contribution in [0.15, 0.2) is 40.0 Å². The Balaban J connectivity index is 1.69. The van der Waals surface area contributed by atoms with Crippen molar-refractivity contribution in [2.75, 3.05) is 13.1 Å². The van der Waals surface area contributed by atoms with E-state index in [4.69, 9.17) is 4.42 Å². The molecule has 1 saturated heterocycles. The van der Waals surface area contributed by atoms with Gasteiger partial charge < -0.3 is 19.2 Å². The first-order valence-corrected chi connectivity index (χ1v) is 12.0. The molecule has 7 heteroatoms. The standard InChI is InChI=1S/C26H35N3O4/c1-5-6-9-27-23(31)20-14-28(13-19-8-7-10-33-19)15-21(22(20)30)24(32)29-17-26(4)12-18(29)11-25(2,3)16-26/h7-8,10,14-15,18H,5-6,9,11-13,16-17H2,1-4H3,(H,27,31). The summed E-state index contributed by atoms with van der Waals surface area (Å²) in [6, 6.07) is 3.73. The molecule has 2 fully saturated rings. The number of nitrogens with one attached hydrogen (secondary N) is 1. The molecular formula is C26H35N3O4. The van der Waals surface area contributed by atoms with E-state index in [0.29, 0.717) is 25.4 Å². The first kappa shape index (κ1) is 23.3. The Morgan fingerprint density at radius 1 is 1.18 bits per heavy atom. The summed E-state index contributed by atoms with van der Waals surface area (Å²) < 4.78 is 7.15. The van der Waals surface area contributed by atoms with E-state index in [1.54, 1.807) is 23.1 Å². The maximum atomic E-state index is 13.7. The molecule has 1 aliphatic heterocycles. The second kappa shape index (κ2) is 8.84. The molecule has 1 N–H and O–H groups in total. The van der Waals surface area contributed by atoms with Crippen LogP contribution in [-0.2, 0) is 6.54 Å². The third-order valence-corrected chi connectivity index (χ3v) is 6.96. The lowest BCUT2D eigenvalue weighted by Crippen LogP contribution is -2.41. The highest BCUT2D eigenvalue weighted by Gasteiger charge is 2.51. The monoisotopic (exact) mass is 453 g/mol. The van der Waals surface area contributed by atoms with Gasteiger partial charge in [-0.05, 0) is 48.6 Å². The number of hydrogen-bond acceptors (Lipinski definition) is 4. The highest BCUT2D eigenvalue weighted by Crippen LogP contribution is 2.52. The Kier molecular flexibility index (Phi) is 6.25. The normalized spacial score (nSPS) is 23.5. The first-order valence-electron chi connectivity index (χ1n) is 12.0. The van der Waals surface area contributed by atoms with E-state index in [9.17, 15) is 14.4 Å². The van der Waals surface area contributed by atoms with Gasteiger partial charge >= 0.3 is 0 Å².